The quantitative estimate of drug-likeness (QED) is 0.414. The minimum absolute atomic E-state index is 0.316. The summed E-state index contributed by atoms with van der Waals surface area (Å²) in [6, 6.07) is 7.47. The Kier molecular flexibility index (Phi) is 6.52. The van der Waals surface area contributed by atoms with Gasteiger partial charge in [-0.2, -0.15) is 8.42 Å². The molecule has 0 aliphatic carbocycles. The van der Waals surface area contributed by atoms with E-state index in [2.05, 4.69) is 5.92 Å². The molecule has 1 rings (SSSR count). The number of hydrogen-bond donors (Lipinski definition) is 0. The van der Waals surface area contributed by atoms with Crippen molar-refractivity contribution in [3.8, 4) is 18.1 Å². The second-order valence-corrected chi connectivity index (χ2v) is 5.75. The highest BCUT2D eigenvalue weighted by Crippen LogP contribution is 2.12. The summed E-state index contributed by atoms with van der Waals surface area (Å²) >= 11 is 0. The summed E-state index contributed by atoms with van der Waals surface area (Å²) in [7, 11) is -1.94. The third-order valence-electron chi connectivity index (χ3n) is 2.43. The van der Waals surface area contributed by atoms with Crippen LogP contribution in [0.2, 0.25) is 0 Å². The summed E-state index contributed by atoms with van der Waals surface area (Å²) in [5, 5.41) is 0. The lowest BCUT2D eigenvalue weighted by Gasteiger charge is -2.10. The van der Waals surface area contributed by atoms with E-state index in [1.807, 2.05) is 24.3 Å². The number of ether oxygens (including phenoxy) is 2. The first-order valence-corrected chi connectivity index (χ1v) is 7.81. The molecular weight excluding hydrogens is 280 g/mol. The molecule has 0 amide bonds. The smallest absolute Gasteiger partial charge is 0.265 e. The van der Waals surface area contributed by atoms with Gasteiger partial charge in [-0.1, -0.05) is 18.1 Å². The van der Waals surface area contributed by atoms with Gasteiger partial charge in [-0.15, -0.1) is 6.42 Å². The summed E-state index contributed by atoms with van der Waals surface area (Å²) in [5.74, 6) is 3.05. The van der Waals surface area contributed by atoms with E-state index < -0.39 is 16.2 Å². The maximum atomic E-state index is 10.9. The molecule has 1 aromatic carbocycles. The van der Waals surface area contributed by atoms with Crippen molar-refractivity contribution in [1.82, 2.24) is 0 Å². The molecule has 0 fully saturated rings. The Bertz CT molecular complexity index is 542. The van der Waals surface area contributed by atoms with E-state index in [0.29, 0.717) is 19.6 Å². The standard InChI is InChI=1S/C14H18O5S/c1-4-13(19-20(3,15)16)9-10-18-11-12-5-7-14(17-2)8-6-12/h1,5-8,13H,9-11H2,2-3H3/t13-/m1/s1. The molecule has 20 heavy (non-hydrogen) atoms. The fourth-order valence-corrected chi connectivity index (χ4v) is 2.05. The van der Waals surface area contributed by atoms with E-state index in [9.17, 15) is 8.42 Å². The monoisotopic (exact) mass is 298 g/mol. The highest BCUT2D eigenvalue weighted by atomic mass is 32.2. The molecule has 1 aromatic rings. The summed E-state index contributed by atoms with van der Waals surface area (Å²) in [6.45, 7) is 0.733. The Morgan fingerprint density at radius 2 is 1.95 bits per heavy atom. The van der Waals surface area contributed by atoms with Crippen LogP contribution in [0.4, 0.5) is 0 Å². The molecule has 0 radical (unpaired) electrons. The van der Waals surface area contributed by atoms with Crippen molar-refractivity contribution in [3.63, 3.8) is 0 Å². The Labute approximate surface area is 120 Å². The predicted octanol–water partition coefficient (Wildman–Crippen LogP) is 1.58. The van der Waals surface area contributed by atoms with Gasteiger partial charge in [0.2, 0.25) is 0 Å². The highest BCUT2D eigenvalue weighted by Gasteiger charge is 2.12. The summed E-state index contributed by atoms with van der Waals surface area (Å²) in [5.41, 5.74) is 0.993. The Hall–Kier alpha value is -1.55. The topological polar surface area (TPSA) is 61.8 Å². The van der Waals surface area contributed by atoms with E-state index in [0.717, 1.165) is 17.6 Å². The van der Waals surface area contributed by atoms with Crippen LogP contribution in [0, 0.1) is 12.3 Å². The maximum Gasteiger partial charge on any atom is 0.265 e. The minimum Gasteiger partial charge on any atom is -0.497 e. The lowest BCUT2D eigenvalue weighted by molar-refractivity contribution is 0.0978. The van der Waals surface area contributed by atoms with Gasteiger partial charge in [0, 0.05) is 6.42 Å². The van der Waals surface area contributed by atoms with Crippen LogP contribution in [0.3, 0.4) is 0 Å². The average Bonchev–Trinajstić information content (AvgIpc) is 2.41. The molecule has 0 aliphatic heterocycles. The number of terminal acetylenes is 1. The van der Waals surface area contributed by atoms with Gasteiger partial charge in [0.25, 0.3) is 10.1 Å². The minimum atomic E-state index is -3.54. The number of benzene rings is 1. The second-order valence-electron chi connectivity index (χ2n) is 4.14. The first-order chi connectivity index (χ1) is 9.44. The molecule has 0 bridgehead atoms. The van der Waals surface area contributed by atoms with Crippen LogP contribution in [0.15, 0.2) is 24.3 Å². The maximum absolute atomic E-state index is 10.9. The number of rotatable bonds is 8. The largest absolute Gasteiger partial charge is 0.497 e. The average molecular weight is 298 g/mol. The summed E-state index contributed by atoms with van der Waals surface area (Å²) in [6.07, 6.45) is 5.69. The second kappa shape index (κ2) is 7.90. The molecule has 0 aliphatic rings. The normalized spacial score (nSPS) is 12.7. The fourth-order valence-electron chi connectivity index (χ4n) is 1.47. The van der Waals surface area contributed by atoms with Crippen molar-refractivity contribution in [2.75, 3.05) is 20.0 Å². The van der Waals surface area contributed by atoms with Crippen LogP contribution in [0.5, 0.6) is 5.75 Å². The van der Waals surface area contributed by atoms with Crippen LogP contribution < -0.4 is 4.74 Å². The van der Waals surface area contributed by atoms with Crippen LogP contribution in [-0.4, -0.2) is 34.5 Å². The molecule has 5 nitrogen and oxygen atoms in total. The fraction of sp³-hybridized carbons (Fsp3) is 0.429. The zero-order valence-corrected chi connectivity index (χ0v) is 12.4. The van der Waals surface area contributed by atoms with Gasteiger partial charge in [-0.25, -0.2) is 0 Å². The van der Waals surface area contributed by atoms with E-state index in [-0.39, 0.29) is 0 Å². The number of hydrogen-bond acceptors (Lipinski definition) is 5. The van der Waals surface area contributed by atoms with Gasteiger partial charge in [-0.05, 0) is 17.7 Å². The van der Waals surface area contributed by atoms with E-state index in [4.69, 9.17) is 20.1 Å². The molecule has 0 spiro atoms. The van der Waals surface area contributed by atoms with Gasteiger partial charge in [-0.3, -0.25) is 4.18 Å². The SMILES string of the molecule is C#C[C@H](CCOCc1ccc(OC)cc1)OS(C)(=O)=O. The van der Waals surface area contributed by atoms with Crippen molar-refractivity contribution in [3.05, 3.63) is 29.8 Å². The van der Waals surface area contributed by atoms with Crippen LogP contribution in [0.1, 0.15) is 12.0 Å². The first kappa shape index (κ1) is 16.5. The lowest BCUT2D eigenvalue weighted by atomic mass is 10.2. The number of methoxy groups -OCH3 is 1. The van der Waals surface area contributed by atoms with Gasteiger partial charge in [0.1, 0.15) is 11.9 Å². The first-order valence-electron chi connectivity index (χ1n) is 5.99. The molecule has 0 heterocycles. The Morgan fingerprint density at radius 3 is 2.45 bits per heavy atom. The highest BCUT2D eigenvalue weighted by molar-refractivity contribution is 7.86. The Morgan fingerprint density at radius 1 is 1.30 bits per heavy atom. The predicted molar refractivity (Wildman–Crippen MR) is 75.8 cm³/mol. The lowest BCUT2D eigenvalue weighted by Crippen LogP contribution is -2.17. The molecule has 110 valence electrons. The molecule has 6 heteroatoms. The Balaban J connectivity index is 2.31. The molecule has 0 aromatic heterocycles. The third kappa shape index (κ3) is 6.57. The van der Waals surface area contributed by atoms with Crippen molar-refractivity contribution < 1.29 is 22.1 Å². The van der Waals surface area contributed by atoms with Crippen molar-refractivity contribution in [2.45, 2.75) is 19.1 Å². The molecule has 0 N–H and O–H groups in total. The summed E-state index contributed by atoms with van der Waals surface area (Å²) < 4.78 is 37.1. The van der Waals surface area contributed by atoms with E-state index >= 15 is 0 Å². The molecule has 1 atom stereocenters. The molecule has 0 saturated heterocycles. The van der Waals surface area contributed by atoms with Crippen molar-refractivity contribution >= 4 is 10.1 Å². The van der Waals surface area contributed by atoms with Gasteiger partial charge < -0.3 is 9.47 Å². The van der Waals surface area contributed by atoms with Gasteiger partial charge in [0.05, 0.1) is 26.6 Å². The third-order valence-corrected chi connectivity index (χ3v) is 3.01. The van der Waals surface area contributed by atoms with Crippen molar-refractivity contribution in [2.24, 2.45) is 0 Å². The molecular formula is C14H18O5S. The zero-order chi connectivity index (χ0) is 15.0. The van der Waals surface area contributed by atoms with Crippen LogP contribution >= 0.6 is 0 Å². The van der Waals surface area contributed by atoms with E-state index in [1.165, 1.54) is 0 Å². The van der Waals surface area contributed by atoms with Gasteiger partial charge >= 0.3 is 0 Å². The molecule has 0 saturated carbocycles. The summed E-state index contributed by atoms with van der Waals surface area (Å²) in [4.78, 5) is 0. The zero-order valence-electron chi connectivity index (χ0n) is 11.5. The molecule has 0 unspecified atom stereocenters. The van der Waals surface area contributed by atoms with Gasteiger partial charge in [0.15, 0.2) is 0 Å². The van der Waals surface area contributed by atoms with Crippen LogP contribution in [-0.2, 0) is 25.6 Å². The van der Waals surface area contributed by atoms with E-state index in [1.54, 1.807) is 7.11 Å². The van der Waals surface area contributed by atoms with Crippen LogP contribution in [0.25, 0.3) is 0 Å². The van der Waals surface area contributed by atoms with Crippen molar-refractivity contribution in [1.29, 1.82) is 0 Å².